The molecule has 6 heteroatoms. The summed E-state index contributed by atoms with van der Waals surface area (Å²) in [5, 5.41) is 3.32. The van der Waals surface area contributed by atoms with E-state index in [0.29, 0.717) is 29.0 Å². The fraction of sp³-hybridized carbons (Fsp3) is 0.368. The number of ether oxygens (including phenoxy) is 2. The number of halogens is 1. The number of aryl methyl sites for hydroxylation is 1. The molecule has 0 spiro atoms. The zero-order valence-electron chi connectivity index (χ0n) is 14.7. The number of hydrogen-bond donors (Lipinski definition) is 1. The van der Waals surface area contributed by atoms with Gasteiger partial charge in [-0.1, -0.05) is 31.0 Å². The number of pyridine rings is 1. The Morgan fingerprint density at radius 3 is 2.72 bits per heavy atom. The minimum absolute atomic E-state index is 0.0873. The minimum atomic E-state index is -0.0883. The molecule has 2 aromatic rings. The van der Waals surface area contributed by atoms with Gasteiger partial charge in [-0.25, -0.2) is 4.98 Å². The first-order valence-electron chi connectivity index (χ1n) is 8.30. The molecule has 0 saturated heterocycles. The summed E-state index contributed by atoms with van der Waals surface area (Å²) in [5.74, 6) is 1.55. The highest BCUT2D eigenvalue weighted by atomic mass is 35.5. The van der Waals surface area contributed by atoms with Crippen molar-refractivity contribution in [1.29, 1.82) is 0 Å². The molecule has 0 bridgehead atoms. The maximum absolute atomic E-state index is 11.0. The number of carbonyl (C=O) groups is 1. The van der Waals surface area contributed by atoms with E-state index >= 15 is 0 Å². The molecule has 0 aliphatic heterocycles. The summed E-state index contributed by atoms with van der Waals surface area (Å²) >= 11 is 6.27. The van der Waals surface area contributed by atoms with Crippen molar-refractivity contribution in [2.75, 3.05) is 6.61 Å². The molecule has 2 rings (SSSR count). The molecule has 0 aliphatic rings. The molecule has 0 saturated carbocycles. The van der Waals surface area contributed by atoms with E-state index in [1.54, 1.807) is 18.3 Å². The summed E-state index contributed by atoms with van der Waals surface area (Å²) in [4.78, 5) is 15.2. The van der Waals surface area contributed by atoms with Crippen molar-refractivity contribution in [2.24, 2.45) is 0 Å². The summed E-state index contributed by atoms with van der Waals surface area (Å²) in [6.07, 6.45) is 3.64. The third kappa shape index (κ3) is 6.27. The number of carbonyl (C=O) groups excluding carboxylic acids is 1. The standard InChI is InChI=1S/C19H23ClN2O3/c1-4-5-15-6-8-18(17(20)10-15)25-16-7-9-19(21-11-16)24-12-13(2)22-14(3)23/h6-11,13H,4-5,12H2,1-3H3,(H,22,23)/t13-/m0/s1. The fourth-order valence-electron chi connectivity index (χ4n) is 2.31. The minimum Gasteiger partial charge on any atom is -0.475 e. The van der Waals surface area contributed by atoms with Gasteiger partial charge in [0.2, 0.25) is 11.8 Å². The Bertz CT molecular complexity index is 704. The average Bonchev–Trinajstić information content (AvgIpc) is 2.56. The number of aromatic nitrogens is 1. The Morgan fingerprint density at radius 2 is 2.12 bits per heavy atom. The molecule has 134 valence electrons. The number of nitrogens with zero attached hydrogens (tertiary/aromatic N) is 1. The first kappa shape index (κ1) is 19.1. The van der Waals surface area contributed by atoms with Crippen LogP contribution in [0, 0.1) is 0 Å². The lowest BCUT2D eigenvalue weighted by atomic mass is 10.1. The molecule has 1 amide bonds. The Morgan fingerprint density at radius 1 is 1.32 bits per heavy atom. The van der Waals surface area contributed by atoms with Crippen LogP contribution in [0.1, 0.15) is 32.8 Å². The topological polar surface area (TPSA) is 60.5 Å². The summed E-state index contributed by atoms with van der Waals surface area (Å²) in [6.45, 7) is 5.81. The molecule has 1 atom stereocenters. The predicted octanol–water partition coefficient (Wildman–Crippen LogP) is 4.38. The molecule has 0 aliphatic carbocycles. The molecule has 5 nitrogen and oxygen atoms in total. The van der Waals surface area contributed by atoms with Crippen molar-refractivity contribution in [2.45, 2.75) is 39.7 Å². The number of rotatable bonds is 8. The zero-order chi connectivity index (χ0) is 18.2. The van der Waals surface area contributed by atoms with Crippen LogP contribution in [0.25, 0.3) is 0 Å². The van der Waals surface area contributed by atoms with Gasteiger partial charge in [-0.2, -0.15) is 0 Å². The molecule has 1 heterocycles. The van der Waals surface area contributed by atoms with Crippen LogP contribution in [0.3, 0.4) is 0 Å². The van der Waals surface area contributed by atoms with Gasteiger partial charge in [-0.05, 0) is 37.1 Å². The summed E-state index contributed by atoms with van der Waals surface area (Å²) in [6, 6.07) is 9.20. The van der Waals surface area contributed by atoms with Crippen LogP contribution in [0.4, 0.5) is 0 Å². The second kappa shape index (κ2) is 9.28. The molecule has 1 aromatic heterocycles. The van der Waals surface area contributed by atoms with Crippen LogP contribution < -0.4 is 14.8 Å². The quantitative estimate of drug-likeness (QED) is 0.756. The Hall–Kier alpha value is -2.27. The molecule has 0 fully saturated rings. The molecular formula is C19H23ClN2O3. The van der Waals surface area contributed by atoms with Crippen molar-refractivity contribution in [3.05, 3.63) is 47.1 Å². The van der Waals surface area contributed by atoms with E-state index in [-0.39, 0.29) is 11.9 Å². The first-order valence-corrected chi connectivity index (χ1v) is 8.68. The predicted molar refractivity (Wildman–Crippen MR) is 98.5 cm³/mol. The van der Waals surface area contributed by atoms with E-state index in [1.807, 2.05) is 25.1 Å². The third-order valence-electron chi connectivity index (χ3n) is 3.40. The number of nitrogens with one attached hydrogen (secondary N) is 1. The number of benzene rings is 1. The van der Waals surface area contributed by atoms with E-state index in [1.165, 1.54) is 12.5 Å². The van der Waals surface area contributed by atoms with Crippen molar-refractivity contribution < 1.29 is 14.3 Å². The smallest absolute Gasteiger partial charge is 0.217 e. The summed E-state index contributed by atoms with van der Waals surface area (Å²) in [7, 11) is 0. The lowest BCUT2D eigenvalue weighted by molar-refractivity contribution is -0.119. The maximum Gasteiger partial charge on any atom is 0.217 e. The molecular weight excluding hydrogens is 340 g/mol. The third-order valence-corrected chi connectivity index (χ3v) is 3.70. The Kier molecular flexibility index (Phi) is 7.07. The van der Waals surface area contributed by atoms with Crippen LogP contribution in [0.15, 0.2) is 36.5 Å². The van der Waals surface area contributed by atoms with Crippen molar-refractivity contribution >= 4 is 17.5 Å². The normalized spacial score (nSPS) is 11.7. The van der Waals surface area contributed by atoms with Crippen LogP contribution in [0.2, 0.25) is 5.02 Å². The van der Waals surface area contributed by atoms with E-state index in [9.17, 15) is 4.79 Å². The maximum atomic E-state index is 11.0. The van der Waals surface area contributed by atoms with Gasteiger partial charge in [0.15, 0.2) is 0 Å². The van der Waals surface area contributed by atoms with Crippen molar-refractivity contribution in [1.82, 2.24) is 10.3 Å². The van der Waals surface area contributed by atoms with E-state index in [0.717, 1.165) is 12.8 Å². The molecule has 0 radical (unpaired) electrons. The van der Waals surface area contributed by atoms with Crippen LogP contribution in [-0.4, -0.2) is 23.5 Å². The van der Waals surface area contributed by atoms with Gasteiger partial charge in [-0.3, -0.25) is 4.79 Å². The monoisotopic (exact) mass is 362 g/mol. The second-order valence-corrected chi connectivity index (χ2v) is 6.27. The van der Waals surface area contributed by atoms with Crippen LogP contribution in [-0.2, 0) is 11.2 Å². The summed E-state index contributed by atoms with van der Waals surface area (Å²) in [5.41, 5.74) is 1.19. The number of hydrogen-bond acceptors (Lipinski definition) is 4. The molecule has 1 N–H and O–H groups in total. The number of amides is 1. The van der Waals surface area contributed by atoms with Crippen molar-refractivity contribution in [3.63, 3.8) is 0 Å². The lowest BCUT2D eigenvalue weighted by Gasteiger charge is -2.13. The van der Waals surface area contributed by atoms with Gasteiger partial charge in [0.25, 0.3) is 0 Å². The van der Waals surface area contributed by atoms with Gasteiger partial charge >= 0.3 is 0 Å². The highest BCUT2D eigenvalue weighted by Gasteiger charge is 2.07. The second-order valence-electron chi connectivity index (χ2n) is 5.86. The van der Waals surface area contributed by atoms with Gasteiger partial charge in [0, 0.05) is 13.0 Å². The lowest BCUT2D eigenvalue weighted by Crippen LogP contribution is -2.35. The average molecular weight is 363 g/mol. The van der Waals surface area contributed by atoms with E-state index in [4.69, 9.17) is 21.1 Å². The van der Waals surface area contributed by atoms with E-state index in [2.05, 4.69) is 17.2 Å². The van der Waals surface area contributed by atoms with E-state index < -0.39 is 0 Å². The van der Waals surface area contributed by atoms with Gasteiger partial charge in [0.05, 0.1) is 17.3 Å². The SMILES string of the molecule is CCCc1ccc(Oc2ccc(OC[C@H](C)NC(C)=O)nc2)c(Cl)c1. The first-order chi connectivity index (χ1) is 12.0. The van der Waals surface area contributed by atoms with Crippen LogP contribution >= 0.6 is 11.6 Å². The molecule has 1 aromatic carbocycles. The fourth-order valence-corrected chi connectivity index (χ4v) is 2.55. The summed E-state index contributed by atoms with van der Waals surface area (Å²) < 4.78 is 11.3. The Balaban J connectivity index is 1.93. The molecule has 25 heavy (non-hydrogen) atoms. The van der Waals surface area contributed by atoms with Gasteiger partial charge in [0.1, 0.15) is 18.1 Å². The highest BCUT2D eigenvalue weighted by molar-refractivity contribution is 6.32. The Labute approximate surface area is 153 Å². The van der Waals surface area contributed by atoms with Gasteiger partial charge < -0.3 is 14.8 Å². The highest BCUT2D eigenvalue weighted by Crippen LogP contribution is 2.30. The van der Waals surface area contributed by atoms with Crippen molar-refractivity contribution in [3.8, 4) is 17.4 Å². The molecule has 0 unspecified atom stereocenters. The van der Waals surface area contributed by atoms with Crippen LogP contribution in [0.5, 0.6) is 17.4 Å². The van der Waals surface area contributed by atoms with Gasteiger partial charge in [-0.15, -0.1) is 0 Å². The zero-order valence-corrected chi connectivity index (χ0v) is 15.5. The largest absolute Gasteiger partial charge is 0.475 e.